The molecule has 10 nitrogen and oxygen atoms in total. The molecule has 4 atom stereocenters. The van der Waals surface area contributed by atoms with Gasteiger partial charge in [-0.2, -0.15) is 74.0 Å². The second-order valence-corrected chi connectivity index (χ2v) is 22.6. The summed E-state index contributed by atoms with van der Waals surface area (Å²) in [5, 5.41) is 8.42. The van der Waals surface area contributed by atoms with E-state index in [2.05, 4.69) is 158 Å². The average molecular weight is 1420 g/mol. The van der Waals surface area contributed by atoms with Gasteiger partial charge in [-0.1, -0.05) is 176 Å². The van der Waals surface area contributed by atoms with Crippen LogP contribution in [0.15, 0.2) is 192 Å². The van der Waals surface area contributed by atoms with E-state index in [-0.39, 0.29) is 53.0 Å². The summed E-state index contributed by atoms with van der Waals surface area (Å²) in [6, 6.07) is 61.9. The molecule has 416 valence electrons. The minimum atomic E-state index is 0. The Balaban J connectivity index is 0.000000131. The van der Waals surface area contributed by atoms with Crippen molar-refractivity contribution in [3.63, 3.8) is 0 Å². The number of rotatable bonds is 8. The first kappa shape index (κ1) is 57.8. The van der Waals surface area contributed by atoms with Crippen LogP contribution in [-0.2, 0) is 53.0 Å². The number of benzene rings is 6. The van der Waals surface area contributed by atoms with Crippen molar-refractivity contribution in [1.82, 2.24) is 9.97 Å². The summed E-state index contributed by atoms with van der Waals surface area (Å²) in [4.78, 5) is 27.1. The summed E-state index contributed by atoms with van der Waals surface area (Å²) >= 11 is 0. The molecule has 4 aliphatic carbocycles. The Bertz CT molecular complexity index is 3170. The summed E-state index contributed by atoms with van der Waals surface area (Å²) in [6.45, 7) is 18.9. The molecular weight excluding hydrogens is 1350 g/mol. The first-order valence-electron chi connectivity index (χ1n) is 27.2. The van der Waals surface area contributed by atoms with E-state index in [4.69, 9.17) is 9.97 Å². The maximum Gasteiger partial charge on any atom is 0.124 e. The average Bonchev–Trinajstić information content (AvgIpc) is 4.34. The molecule has 0 amide bonds. The SMILES string of the molecule is C(=Nc1ccccc1)[N-]c1ccccc1.C(=Nc1ccccc1)[N-]c1ccccc1.CN1[CH-]N(c2[c-]cccc2)c2ncc3c(c21)C1CCC3(C)C1(C)C.CN1[CH-]N(c2[c-]cccc2)c2ncc3c(c21)C1CCC3(C)C1(C)C.[Pt].[Pt]. The summed E-state index contributed by atoms with van der Waals surface area (Å²) < 4.78 is 0. The fraction of sp³-hybridized carbons (Fsp3) is 0.265. The standard InChI is InChI=1S/2C21H23N3.2C13H11N2.2Pt/c2*1-20(2)15-10-11-21(20,3)16-12-22-19-18(17(15)16)23(4)13-24(19)14-8-6-5-7-9-14;2*1-3-7-12(8-4-1)14-11-15-13-9-5-2-6-10-13;;/h2*5-8,12-13,15H,10-11H2,1-4H3;2*1-11H;;/q2*-2;2*-1;;. The van der Waals surface area contributed by atoms with Crippen LogP contribution in [0.1, 0.15) is 101 Å². The number of hydrogen-bond acceptors (Lipinski definition) is 8. The van der Waals surface area contributed by atoms with E-state index < -0.39 is 0 Å². The molecule has 14 rings (SSSR count). The largest absolute Gasteiger partial charge is 0.502 e. The molecular formula is C68H68N10Pt2-6. The second-order valence-electron chi connectivity index (χ2n) is 22.6. The zero-order valence-corrected chi connectivity index (χ0v) is 51.3. The van der Waals surface area contributed by atoms with Crippen molar-refractivity contribution in [1.29, 1.82) is 0 Å². The molecule has 2 fully saturated rings. The van der Waals surface area contributed by atoms with Crippen molar-refractivity contribution in [2.45, 2.75) is 89.9 Å². The molecule has 0 spiro atoms. The molecule has 4 heterocycles. The van der Waals surface area contributed by atoms with Crippen molar-refractivity contribution in [3.8, 4) is 0 Å². The third-order valence-electron chi connectivity index (χ3n) is 18.0. The van der Waals surface area contributed by atoms with Crippen LogP contribution in [0.5, 0.6) is 0 Å². The Labute approximate surface area is 503 Å². The second kappa shape index (κ2) is 24.1. The van der Waals surface area contributed by atoms with Gasteiger partial charge >= 0.3 is 0 Å². The van der Waals surface area contributed by atoms with E-state index in [0.29, 0.717) is 22.7 Å². The molecule has 0 saturated heterocycles. The number of anilines is 6. The minimum absolute atomic E-state index is 0. The van der Waals surface area contributed by atoms with Crippen molar-refractivity contribution in [2.24, 2.45) is 20.8 Å². The molecule has 6 aliphatic rings. The van der Waals surface area contributed by atoms with Crippen molar-refractivity contribution in [3.05, 3.63) is 241 Å². The van der Waals surface area contributed by atoms with E-state index in [1.807, 2.05) is 146 Å². The van der Waals surface area contributed by atoms with Gasteiger partial charge in [0.15, 0.2) is 0 Å². The number of para-hydroxylation sites is 6. The molecule has 0 N–H and O–H groups in total. The number of aromatic nitrogens is 2. The minimum Gasteiger partial charge on any atom is -0.502 e. The van der Waals surface area contributed by atoms with E-state index >= 15 is 0 Å². The van der Waals surface area contributed by atoms with Crippen molar-refractivity contribution < 1.29 is 42.1 Å². The van der Waals surface area contributed by atoms with Gasteiger partial charge in [-0.15, -0.1) is 11.4 Å². The molecule has 12 heteroatoms. The predicted molar refractivity (Wildman–Crippen MR) is 323 cm³/mol. The maximum atomic E-state index is 4.90. The van der Waals surface area contributed by atoms with Gasteiger partial charge in [0.2, 0.25) is 0 Å². The number of hydrogen-bond donors (Lipinski definition) is 0. The molecule has 8 aromatic rings. The Morgan fingerprint density at radius 3 is 1.20 bits per heavy atom. The van der Waals surface area contributed by atoms with Gasteiger partial charge in [0.1, 0.15) is 11.6 Å². The van der Waals surface area contributed by atoms with Crippen molar-refractivity contribution >= 4 is 69.8 Å². The van der Waals surface area contributed by atoms with Crippen LogP contribution in [0, 0.1) is 36.3 Å². The first-order valence-corrected chi connectivity index (χ1v) is 27.2. The Morgan fingerprint density at radius 1 is 0.500 bits per heavy atom. The summed E-state index contributed by atoms with van der Waals surface area (Å²) in [7, 11) is 4.29. The van der Waals surface area contributed by atoms with Crippen LogP contribution < -0.4 is 19.6 Å². The Morgan fingerprint density at radius 2 is 0.850 bits per heavy atom. The first-order chi connectivity index (χ1) is 37.8. The topological polar surface area (TPSA) is 91.7 Å². The van der Waals surface area contributed by atoms with Gasteiger partial charge in [-0.25, -0.2) is 9.97 Å². The van der Waals surface area contributed by atoms with Gasteiger partial charge in [0.25, 0.3) is 0 Å². The van der Waals surface area contributed by atoms with E-state index in [9.17, 15) is 0 Å². The van der Waals surface area contributed by atoms with Crippen LogP contribution in [0.2, 0.25) is 0 Å². The summed E-state index contributed by atoms with van der Waals surface area (Å²) in [5.41, 5.74) is 15.5. The maximum absolute atomic E-state index is 4.90. The van der Waals surface area contributed by atoms with Crippen LogP contribution in [0.4, 0.5) is 57.1 Å². The predicted octanol–water partition coefficient (Wildman–Crippen LogP) is 17.6. The Kier molecular flexibility index (Phi) is 17.4. The van der Waals surface area contributed by atoms with Gasteiger partial charge in [0, 0.05) is 65.4 Å². The Hall–Kier alpha value is -6.86. The molecule has 4 bridgehead atoms. The van der Waals surface area contributed by atoms with Crippen LogP contribution in [-0.4, -0.2) is 36.7 Å². The van der Waals surface area contributed by atoms with Crippen LogP contribution in [0.25, 0.3) is 10.6 Å². The van der Waals surface area contributed by atoms with Crippen LogP contribution in [0.3, 0.4) is 0 Å². The molecule has 4 unspecified atom stereocenters. The van der Waals surface area contributed by atoms with Gasteiger partial charge in [0.05, 0.1) is 11.4 Å². The fourth-order valence-electron chi connectivity index (χ4n) is 13.0. The quantitative estimate of drug-likeness (QED) is 0.0855. The summed E-state index contributed by atoms with van der Waals surface area (Å²) in [6.07, 6.45) is 12.6. The molecule has 2 saturated carbocycles. The van der Waals surface area contributed by atoms with E-state index in [1.54, 1.807) is 12.7 Å². The van der Waals surface area contributed by atoms with Crippen molar-refractivity contribution in [2.75, 3.05) is 33.7 Å². The third-order valence-corrected chi connectivity index (χ3v) is 18.0. The zero-order valence-electron chi connectivity index (χ0n) is 46.7. The van der Waals surface area contributed by atoms with Gasteiger partial charge in [-0.3, -0.25) is 0 Å². The fourth-order valence-corrected chi connectivity index (χ4v) is 13.0. The van der Waals surface area contributed by atoms with E-state index in [1.165, 1.54) is 59.3 Å². The number of fused-ring (bicyclic) bond motifs is 14. The molecule has 6 aromatic carbocycles. The number of pyridine rings is 2. The van der Waals surface area contributed by atoms with Gasteiger partial charge < -0.3 is 40.2 Å². The molecule has 80 heavy (non-hydrogen) atoms. The molecule has 0 radical (unpaired) electrons. The monoisotopic (exact) mass is 1410 g/mol. The normalized spacial score (nSPS) is 21.4. The third kappa shape index (κ3) is 10.7. The number of aliphatic imine (C=N–C) groups is 2. The smallest absolute Gasteiger partial charge is 0.124 e. The van der Waals surface area contributed by atoms with Gasteiger partial charge in [-0.05, 0) is 107 Å². The molecule has 2 aromatic heterocycles. The summed E-state index contributed by atoms with van der Waals surface area (Å²) in [5.74, 6) is 3.35. The van der Waals surface area contributed by atoms with E-state index in [0.717, 1.165) is 45.8 Å². The van der Waals surface area contributed by atoms with Crippen LogP contribution >= 0.6 is 0 Å². The zero-order chi connectivity index (χ0) is 54.1. The number of nitrogens with zero attached hydrogens (tertiary/aromatic N) is 10. The molecule has 2 aliphatic heterocycles.